The van der Waals surface area contributed by atoms with Crippen LogP contribution >= 0.6 is 0 Å². The monoisotopic (exact) mass is 286 g/mol. The molecule has 0 rings (SSSR count). The van der Waals surface area contributed by atoms with E-state index in [0.29, 0.717) is 5.57 Å². The molecule has 0 aromatic rings. The Hall–Kier alpha value is -1.92. The quantitative estimate of drug-likeness (QED) is 0.314. The average Bonchev–Trinajstić information content (AvgIpc) is 2.31. The van der Waals surface area contributed by atoms with Crippen molar-refractivity contribution in [2.45, 2.75) is 46.2 Å². The third kappa shape index (κ3) is 5.81. The number of rotatable bonds is 8. The maximum absolute atomic E-state index is 11.9. The van der Waals surface area contributed by atoms with Gasteiger partial charge in [-0.1, -0.05) is 26.0 Å². The summed E-state index contributed by atoms with van der Waals surface area (Å²) in [4.78, 5) is 33.9. The van der Waals surface area contributed by atoms with E-state index in [9.17, 15) is 19.7 Å². The van der Waals surface area contributed by atoms with Gasteiger partial charge in [-0.15, -0.1) is 0 Å². The molecule has 0 radical (unpaired) electrons. The third-order valence-electron chi connectivity index (χ3n) is 2.60. The highest BCUT2D eigenvalue weighted by Gasteiger charge is 2.34. The Labute approximate surface area is 118 Å². The Morgan fingerprint density at radius 3 is 2.30 bits per heavy atom. The summed E-state index contributed by atoms with van der Waals surface area (Å²) in [6, 6.07) is -2.34. The number of nitrogens with zero attached hydrogens (tertiary/aromatic N) is 1. The first-order valence-corrected chi connectivity index (χ1v) is 6.45. The van der Waals surface area contributed by atoms with E-state index in [1.54, 1.807) is 27.7 Å². The normalized spacial score (nSPS) is 13.4. The number of ether oxygens (including phenoxy) is 1. The Bertz CT molecular complexity index is 392. The first-order valence-electron chi connectivity index (χ1n) is 6.45. The summed E-state index contributed by atoms with van der Waals surface area (Å²) in [5.41, 5.74) is 0.527. The number of carbonyl (C=O) groups excluding carboxylic acids is 2. The van der Waals surface area contributed by atoms with Gasteiger partial charge in [-0.05, 0) is 19.8 Å². The summed E-state index contributed by atoms with van der Waals surface area (Å²) in [5.74, 6) is -1.62. The third-order valence-corrected chi connectivity index (χ3v) is 2.60. The van der Waals surface area contributed by atoms with Crippen molar-refractivity contribution < 1.29 is 19.2 Å². The number of carbonyl (C=O) groups is 2. The molecule has 0 spiro atoms. The Balaban J connectivity index is 4.92. The van der Waals surface area contributed by atoms with Crippen LogP contribution in [0.25, 0.3) is 0 Å². The molecule has 0 aromatic heterocycles. The van der Waals surface area contributed by atoms with Gasteiger partial charge in [0.25, 0.3) is 11.9 Å². The second kappa shape index (κ2) is 8.29. The molecule has 2 atom stereocenters. The predicted molar refractivity (Wildman–Crippen MR) is 73.6 cm³/mol. The molecule has 0 aromatic carbocycles. The molecule has 0 aliphatic rings. The molecule has 0 heterocycles. The highest BCUT2D eigenvalue weighted by molar-refractivity contribution is 5.87. The zero-order chi connectivity index (χ0) is 15.9. The van der Waals surface area contributed by atoms with Gasteiger partial charge in [0.1, 0.15) is 6.04 Å². The van der Waals surface area contributed by atoms with E-state index in [-0.39, 0.29) is 18.9 Å². The highest BCUT2D eigenvalue weighted by atomic mass is 16.6. The summed E-state index contributed by atoms with van der Waals surface area (Å²) in [5, 5.41) is 13.3. The van der Waals surface area contributed by atoms with Gasteiger partial charge in [-0.3, -0.25) is 14.9 Å². The fourth-order valence-electron chi connectivity index (χ4n) is 1.57. The fourth-order valence-corrected chi connectivity index (χ4v) is 1.57. The van der Waals surface area contributed by atoms with Crippen LogP contribution in [0.15, 0.2) is 12.2 Å². The summed E-state index contributed by atoms with van der Waals surface area (Å²) < 4.78 is 4.85. The average molecular weight is 286 g/mol. The molecule has 0 aliphatic carbocycles. The van der Waals surface area contributed by atoms with Crippen LogP contribution < -0.4 is 5.32 Å². The molecule has 114 valence electrons. The summed E-state index contributed by atoms with van der Waals surface area (Å²) in [6.45, 7) is 10.5. The molecule has 0 aliphatic heterocycles. The molecule has 7 nitrogen and oxygen atoms in total. The number of amides is 1. The van der Waals surface area contributed by atoms with Gasteiger partial charge in [0.2, 0.25) is 0 Å². The van der Waals surface area contributed by atoms with Crippen LogP contribution in [0.1, 0.15) is 34.1 Å². The van der Waals surface area contributed by atoms with E-state index < -0.39 is 28.9 Å². The van der Waals surface area contributed by atoms with Crippen molar-refractivity contribution in [1.82, 2.24) is 5.32 Å². The molecule has 1 unspecified atom stereocenters. The maximum Gasteiger partial charge on any atom is 0.328 e. The van der Waals surface area contributed by atoms with Crippen LogP contribution in [-0.2, 0) is 14.3 Å². The lowest BCUT2D eigenvalue weighted by molar-refractivity contribution is -0.507. The van der Waals surface area contributed by atoms with Crippen molar-refractivity contribution in [1.29, 1.82) is 0 Å². The summed E-state index contributed by atoms with van der Waals surface area (Å²) >= 11 is 0. The second-order valence-electron chi connectivity index (χ2n) is 4.94. The van der Waals surface area contributed by atoms with Crippen LogP contribution in [0.2, 0.25) is 0 Å². The standard InChI is InChI=1S/C13H22N2O5/c1-6-20-13(17)11(9(4)5)14-12(16)10(15(18)19)7-8(2)3/h9-11H,2,6-7H2,1,3-5H3,(H,14,16)/t10?,11-/m0/s1. The van der Waals surface area contributed by atoms with Gasteiger partial charge in [0, 0.05) is 11.3 Å². The van der Waals surface area contributed by atoms with Crippen molar-refractivity contribution in [3.8, 4) is 0 Å². The van der Waals surface area contributed by atoms with Crippen LogP contribution in [0.3, 0.4) is 0 Å². The largest absolute Gasteiger partial charge is 0.464 e. The molecular weight excluding hydrogens is 264 g/mol. The SMILES string of the molecule is C=C(C)CC(C(=O)N[C@H](C(=O)OCC)C(C)C)[N+](=O)[O-]. The van der Waals surface area contributed by atoms with Gasteiger partial charge in [0.05, 0.1) is 6.61 Å². The van der Waals surface area contributed by atoms with Gasteiger partial charge < -0.3 is 10.1 Å². The van der Waals surface area contributed by atoms with Crippen molar-refractivity contribution >= 4 is 11.9 Å². The number of esters is 1. The Morgan fingerprint density at radius 1 is 1.40 bits per heavy atom. The lowest BCUT2D eigenvalue weighted by atomic mass is 10.0. The Morgan fingerprint density at radius 2 is 1.95 bits per heavy atom. The molecule has 1 N–H and O–H groups in total. The maximum atomic E-state index is 11.9. The molecule has 7 heteroatoms. The van der Waals surface area contributed by atoms with E-state index in [1.807, 2.05) is 0 Å². The van der Waals surface area contributed by atoms with Crippen molar-refractivity contribution in [3.05, 3.63) is 22.3 Å². The zero-order valence-electron chi connectivity index (χ0n) is 12.3. The van der Waals surface area contributed by atoms with Gasteiger partial charge in [0.15, 0.2) is 0 Å². The summed E-state index contributed by atoms with van der Waals surface area (Å²) in [7, 11) is 0. The molecule has 0 saturated heterocycles. The smallest absolute Gasteiger partial charge is 0.328 e. The van der Waals surface area contributed by atoms with Gasteiger partial charge >= 0.3 is 5.97 Å². The zero-order valence-corrected chi connectivity index (χ0v) is 12.3. The first-order chi connectivity index (χ1) is 9.20. The van der Waals surface area contributed by atoms with E-state index in [0.717, 1.165) is 0 Å². The Kier molecular flexibility index (Phi) is 7.49. The first kappa shape index (κ1) is 18.1. The minimum Gasteiger partial charge on any atom is -0.464 e. The minimum atomic E-state index is -1.44. The lowest BCUT2D eigenvalue weighted by Crippen LogP contribution is -2.50. The number of hydrogen-bond donors (Lipinski definition) is 1. The van der Waals surface area contributed by atoms with Crippen molar-refractivity contribution in [2.75, 3.05) is 6.61 Å². The van der Waals surface area contributed by atoms with Crippen LogP contribution in [0.4, 0.5) is 0 Å². The summed E-state index contributed by atoms with van der Waals surface area (Å²) in [6.07, 6.45) is -0.0630. The van der Waals surface area contributed by atoms with E-state index >= 15 is 0 Å². The molecule has 20 heavy (non-hydrogen) atoms. The molecular formula is C13H22N2O5. The molecule has 0 fully saturated rings. The van der Waals surface area contributed by atoms with Gasteiger partial charge in [-0.2, -0.15) is 0 Å². The van der Waals surface area contributed by atoms with Crippen LogP contribution in [0, 0.1) is 16.0 Å². The van der Waals surface area contributed by atoms with Crippen LogP contribution in [0.5, 0.6) is 0 Å². The van der Waals surface area contributed by atoms with Crippen molar-refractivity contribution in [2.24, 2.45) is 5.92 Å². The molecule has 0 bridgehead atoms. The highest BCUT2D eigenvalue weighted by Crippen LogP contribution is 2.09. The molecule has 1 amide bonds. The number of hydrogen-bond acceptors (Lipinski definition) is 5. The van der Waals surface area contributed by atoms with Gasteiger partial charge in [-0.25, -0.2) is 4.79 Å². The number of nitrogens with one attached hydrogen (secondary N) is 1. The second-order valence-corrected chi connectivity index (χ2v) is 4.94. The number of nitro groups is 1. The van der Waals surface area contributed by atoms with E-state index in [1.165, 1.54) is 0 Å². The predicted octanol–water partition coefficient (Wildman–Crippen LogP) is 1.30. The fraction of sp³-hybridized carbons (Fsp3) is 0.692. The van der Waals surface area contributed by atoms with Crippen molar-refractivity contribution in [3.63, 3.8) is 0 Å². The minimum absolute atomic E-state index is 0.0630. The topological polar surface area (TPSA) is 98.5 Å². The van der Waals surface area contributed by atoms with E-state index in [4.69, 9.17) is 4.74 Å². The van der Waals surface area contributed by atoms with Crippen LogP contribution in [-0.4, -0.2) is 35.5 Å². The lowest BCUT2D eigenvalue weighted by Gasteiger charge is -2.21. The van der Waals surface area contributed by atoms with E-state index in [2.05, 4.69) is 11.9 Å². The molecule has 0 saturated carbocycles.